The van der Waals surface area contributed by atoms with Crippen molar-refractivity contribution in [1.29, 1.82) is 0 Å². The van der Waals surface area contributed by atoms with E-state index < -0.39 is 5.97 Å². The summed E-state index contributed by atoms with van der Waals surface area (Å²) < 4.78 is 7.07. The third-order valence-electron chi connectivity index (χ3n) is 4.79. The summed E-state index contributed by atoms with van der Waals surface area (Å²) in [7, 11) is 0. The van der Waals surface area contributed by atoms with Gasteiger partial charge in [0.25, 0.3) is 0 Å². The molecule has 0 aliphatic carbocycles. The molecule has 3 rings (SSSR count). The Hall–Kier alpha value is -2.38. The van der Waals surface area contributed by atoms with Crippen LogP contribution in [0.2, 0.25) is 0 Å². The first kappa shape index (κ1) is 18.4. The van der Waals surface area contributed by atoms with Gasteiger partial charge in [-0.05, 0) is 13.0 Å². The van der Waals surface area contributed by atoms with Crippen LogP contribution in [-0.2, 0) is 22.5 Å². The van der Waals surface area contributed by atoms with Crippen LogP contribution in [0.5, 0.6) is 0 Å². The molecule has 0 bridgehead atoms. The maximum Gasteiger partial charge on any atom is 0.352 e. The quantitative estimate of drug-likeness (QED) is 0.780. The van der Waals surface area contributed by atoms with Gasteiger partial charge in [0.15, 0.2) is 0 Å². The van der Waals surface area contributed by atoms with Crippen LogP contribution < -0.4 is 5.32 Å². The summed E-state index contributed by atoms with van der Waals surface area (Å²) in [6.07, 6.45) is 0.0677. The molecule has 1 amide bonds. The molecule has 0 unspecified atom stereocenters. The molecule has 1 aliphatic rings. The first-order valence-corrected chi connectivity index (χ1v) is 9.02. The van der Waals surface area contributed by atoms with Gasteiger partial charge in [-0.2, -0.15) is 0 Å². The highest BCUT2D eigenvalue weighted by Crippen LogP contribution is 2.27. The average molecular weight is 359 g/mol. The van der Waals surface area contributed by atoms with Crippen molar-refractivity contribution in [2.75, 3.05) is 39.4 Å². The van der Waals surface area contributed by atoms with Gasteiger partial charge in [-0.25, -0.2) is 4.79 Å². The number of carbonyl (C=O) groups is 2. The van der Waals surface area contributed by atoms with E-state index in [9.17, 15) is 14.7 Å². The maximum absolute atomic E-state index is 12.4. The molecule has 2 N–H and O–H groups in total. The van der Waals surface area contributed by atoms with Crippen LogP contribution in [0.1, 0.15) is 23.0 Å². The number of fused-ring (bicyclic) bond motifs is 1. The van der Waals surface area contributed by atoms with Gasteiger partial charge in [0, 0.05) is 49.2 Å². The van der Waals surface area contributed by atoms with Crippen LogP contribution >= 0.6 is 0 Å². The number of aromatic nitrogens is 1. The van der Waals surface area contributed by atoms with Crippen molar-refractivity contribution < 1.29 is 19.4 Å². The predicted molar refractivity (Wildman–Crippen MR) is 98.5 cm³/mol. The number of hydrogen-bond donors (Lipinski definition) is 2. The lowest BCUT2D eigenvalue weighted by atomic mass is 10.1. The number of benzene rings is 1. The van der Waals surface area contributed by atoms with E-state index in [2.05, 4.69) is 10.2 Å². The molecule has 7 nitrogen and oxygen atoms in total. The molecular formula is C19H25N3O4. The second kappa shape index (κ2) is 8.33. The smallest absolute Gasteiger partial charge is 0.352 e. The van der Waals surface area contributed by atoms with Crippen molar-refractivity contribution in [3.8, 4) is 0 Å². The fourth-order valence-corrected chi connectivity index (χ4v) is 3.53. The number of hydrogen-bond acceptors (Lipinski definition) is 4. The minimum atomic E-state index is -1.00. The summed E-state index contributed by atoms with van der Waals surface area (Å²) in [4.78, 5) is 26.5. The van der Waals surface area contributed by atoms with E-state index >= 15 is 0 Å². The van der Waals surface area contributed by atoms with Gasteiger partial charge < -0.3 is 19.7 Å². The number of ether oxygens (including phenoxy) is 1. The summed E-state index contributed by atoms with van der Waals surface area (Å²) in [6.45, 7) is 6.99. The number of aromatic carboxylic acids is 1. The molecule has 2 heterocycles. The molecule has 0 atom stereocenters. The molecule has 7 heteroatoms. The lowest BCUT2D eigenvalue weighted by Gasteiger charge is -2.26. The number of nitrogens with one attached hydrogen (secondary N) is 1. The molecule has 1 aromatic carbocycles. The van der Waals surface area contributed by atoms with Gasteiger partial charge in [0.1, 0.15) is 5.69 Å². The highest BCUT2D eigenvalue weighted by molar-refractivity contribution is 6.00. The lowest BCUT2D eigenvalue weighted by Crippen LogP contribution is -2.41. The summed E-state index contributed by atoms with van der Waals surface area (Å²) in [5, 5.41) is 13.4. The number of amides is 1. The van der Waals surface area contributed by atoms with E-state index in [1.165, 1.54) is 0 Å². The van der Waals surface area contributed by atoms with Gasteiger partial charge in [0.05, 0.1) is 19.6 Å². The highest BCUT2D eigenvalue weighted by atomic mass is 16.5. The van der Waals surface area contributed by atoms with Crippen molar-refractivity contribution in [2.45, 2.75) is 19.9 Å². The van der Waals surface area contributed by atoms with Crippen molar-refractivity contribution >= 4 is 22.8 Å². The third kappa shape index (κ3) is 3.89. The zero-order valence-electron chi connectivity index (χ0n) is 15.0. The number of rotatable bonds is 7. The molecule has 1 aromatic heterocycles. The Morgan fingerprint density at radius 1 is 1.23 bits per heavy atom. The second-order valence-corrected chi connectivity index (χ2v) is 6.37. The van der Waals surface area contributed by atoms with E-state index in [0.29, 0.717) is 18.7 Å². The number of carboxylic acid groups (broad SMARTS) is 1. The van der Waals surface area contributed by atoms with Gasteiger partial charge in [0.2, 0.25) is 5.91 Å². The van der Waals surface area contributed by atoms with Crippen molar-refractivity contribution in [2.24, 2.45) is 0 Å². The number of morpholine rings is 1. The monoisotopic (exact) mass is 359 g/mol. The SMILES string of the molecule is CCn1c(C(=O)O)c(CC(=O)NCCN2CCOCC2)c2ccccc21. The molecule has 0 spiro atoms. The van der Waals surface area contributed by atoms with E-state index in [4.69, 9.17) is 4.74 Å². The third-order valence-corrected chi connectivity index (χ3v) is 4.79. The molecule has 0 radical (unpaired) electrons. The predicted octanol–water partition coefficient (Wildman–Crippen LogP) is 1.35. The molecular weight excluding hydrogens is 334 g/mol. The summed E-state index contributed by atoms with van der Waals surface area (Å²) >= 11 is 0. The van der Waals surface area contributed by atoms with E-state index in [1.54, 1.807) is 4.57 Å². The van der Waals surface area contributed by atoms with Gasteiger partial charge in [-0.1, -0.05) is 18.2 Å². The molecule has 140 valence electrons. The van der Waals surface area contributed by atoms with Crippen LogP contribution in [0.3, 0.4) is 0 Å². The van der Waals surface area contributed by atoms with Gasteiger partial charge >= 0.3 is 5.97 Å². The first-order valence-electron chi connectivity index (χ1n) is 9.02. The molecule has 2 aromatic rings. The van der Waals surface area contributed by atoms with Crippen molar-refractivity contribution in [3.63, 3.8) is 0 Å². The maximum atomic E-state index is 12.4. The van der Waals surface area contributed by atoms with Crippen LogP contribution in [0, 0.1) is 0 Å². The Bertz CT molecular complexity index is 793. The summed E-state index contributed by atoms with van der Waals surface area (Å²) in [5.74, 6) is -1.15. The molecule has 1 fully saturated rings. The topological polar surface area (TPSA) is 83.8 Å². The zero-order chi connectivity index (χ0) is 18.5. The zero-order valence-corrected chi connectivity index (χ0v) is 15.0. The minimum absolute atomic E-state index is 0.0677. The second-order valence-electron chi connectivity index (χ2n) is 6.37. The Balaban J connectivity index is 1.72. The number of carbonyl (C=O) groups excluding carboxylic acids is 1. The minimum Gasteiger partial charge on any atom is -0.477 e. The van der Waals surface area contributed by atoms with Crippen LogP contribution in [0.15, 0.2) is 24.3 Å². The summed E-state index contributed by atoms with van der Waals surface area (Å²) in [6, 6.07) is 7.52. The van der Waals surface area contributed by atoms with E-state index in [0.717, 1.165) is 43.8 Å². The lowest BCUT2D eigenvalue weighted by molar-refractivity contribution is -0.120. The van der Waals surface area contributed by atoms with Crippen LogP contribution in [0.4, 0.5) is 0 Å². The van der Waals surface area contributed by atoms with E-state index in [-0.39, 0.29) is 18.0 Å². The average Bonchev–Trinajstić information content (AvgIpc) is 2.96. The fourth-order valence-electron chi connectivity index (χ4n) is 3.53. The Morgan fingerprint density at radius 2 is 1.96 bits per heavy atom. The van der Waals surface area contributed by atoms with Crippen molar-refractivity contribution in [1.82, 2.24) is 14.8 Å². The van der Waals surface area contributed by atoms with Crippen molar-refractivity contribution in [3.05, 3.63) is 35.5 Å². The highest BCUT2D eigenvalue weighted by Gasteiger charge is 2.23. The normalized spacial score (nSPS) is 15.3. The molecule has 0 saturated carbocycles. The fraction of sp³-hybridized carbons (Fsp3) is 0.474. The number of aryl methyl sites for hydroxylation is 1. The number of carboxylic acids is 1. The van der Waals surface area contributed by atoms with Gasteiger partial charge in [-0.3, -0.25) is 9.69 Å². The first-order chi connectivity index (χ1) is 12.6. The Morgan fingerprint density at radius 3 is 2.65 bits per heavy atom. The van der Waals surface area contributed by atoms with Gasteiger partial charge in [-0.15, -0.1) is 0 Å². The number of nitrogens with zero attached hydrogens (tertiary/aromatic N) is 2. The Kier molecular flexibility index (Phi) is 5.90. The van der Waals surface area contributed by atoms with E-state index in [1.807, 2.05) is 31.2 Å². The molecule has 26 heavy (non-hydrogen) atoms. The molecule has 1 saturated heterocycles. The largest absolute Gasteiger partial charge is 0.477 e. The van der Waals surface area contributed by atoms with Crippen LogP contribution in [-0.4, -0.2) is 65.8 Å². The van der Waals surface area contributed by atoms with Crippen LogP contribution in [0.25, 0.3) is 10.9 Å². The molecule has 1 aliphatic heterocycles. The Labute approximate surface area is 152 Å². The summed E-state index contributed by atoms with van der Waals surface area (Å²) in [5.41, 5.74) is 1.64. The number of para-hydroxylation sites is 1. The standard InChI is InChI=1S/C19H25N3O4/c1-2-22-16-6-4-3-5-14(16)15(18(22)19(24)25)13-17(23)20-7-8-21-9-11-26-12-10-21/h3-6H,2,7-13H2,1H3,(H,20,23)(H,24,25).